The highest BCUT2D eigenvalue weighted by Crippen LogP contribution is 2.34. The zero-order chi connectivity index (χ0) is 26.2. The zero-order valence-corrected chi connectivity index (χ0v) is 24.1. The number of thioether (sulfide) groups is 1. The molecule has 0 radical (unpaired) electrons. The summed E-state index contributed by atoms with van der Waals surface area (Å²) in [5.74, 6) is 0.407. The summed E-state index contributed by atoms with van der Waals surface area (Å²) in [6.45, 7) is 11.3. The molecule has 5 N–H and O–H groups in total. The predicted octanol–water partition coefficient (Wildman–Crippen LogP) is 3.68. The third-order valence-corrected chi connectivity index (χ3v) is 8.19. The smallest absolute Gasteiger partial charge is 0.407 e. The molecule has 9 nitrogen and oxygen atoms in total. The molecule has 2 rings (SSSR count). The molecule has 0 aromatic rings. The third-order valence-electron chi connectivity index (χ3n) is 6.87. The first kappa shape index (κ1) is 32.3. The minimum atomic E-state index is -0.811. The zero-order valence-electron chi connectivity index (χ0n) is 22.4. The summed E-state index contributed by atoms with van der Waals surface area (Å²) in [5, 5.41) is 13.7. The molecule has 3 amide bonds. The molecular weight excluding hydrogens is 502 g/mol. The van der Waals surface area contributed by atoms with E-state index in [0.29, 0.717) is 31.8 Å². The molecule has 1 saturated carbocycles. The number of nitrogens with two attached hydrogens (primary N) is 1. The van der Waals surface area contributed by atoms with Crippen molar-refractivity contribution in [3.05, 3.63) is 0 Å². The van der Waals surface area contributed by atoms with E-state index in [1.807, 2.05) is 20.8 Å². The van der Waals surface area contributed by atoms with E-state index in [-0.39, 0.29) is 47.8 Å². The SMILES string of the molecule is CCCOC(=O)N[C@@H](C(=O)N1CCC[C@H]1C(=O)NC[C@H]1CC[C@H](C(=N)N)CC1)C(C)(C)SC(C)C.Cl. The molecule has 1 saturated heterocycles. The summed E-state index contributed by atoms with van der Waals surface area (Å²) in [5.41, 5.74) is 5.64. The van der Waals surface area contributed by atoms with Crippen LogP contribution in [0, 0.1) is 17.2 Å². The number of hydrogen-bond donors (Lipinski definition) is 4. The Bertz CT molecular complexity index is 759. The summed E-state index contributed by atoms with van der Waals surface area (Å²) >= 11 is 1.62. The van der Waals surface area contributed by atoms with E-state index in [0.717, 1.165) is 32.1 Å². The fourth-order valence-corrected chi connectivity index (χ4v) is 6.58. The number of likely N-dealkylation sites (tertiary alicyclic amines) is 1. The Balaban J connectivity index is 0.00000648. The largest absolute Gasteiger partial charge is 0.450 e. The Kier molecular flexibility index (Phi) is 13.4. The van der Waals surface area contributed by atoms with Crippen molar-refractivity contribution in [2.75, 3.05) is 19.7 Å². The van der Waals surface area contributed by atoms with Crippen LogP contribution >= 0.6 is 24.2 Å². The van der Waals surface area contributed by atoms with E-state index in [2.05, 4.69) is 24.5 Å². The Morgan fingerprint density at radius 1 is 1.17 bits per heavy atom. The lowest BCUT2D eigenvalue weighted by atomic mass is 9.81. The summed E-state index contributed by atoms with van der Waals surface area (Å²) in [6, 6.07) is -1.35. The fourth-order valence-electron chi connectivity index (χ4n) is 5.07. The molecule has 0 spiro atoms. The van der Waals surface area contributed by atoms with Gasteiger partial charge in [0.1, 0.15) is 12.1 Å². The van der Waals surface area contributed by atoms with Crippen molar-refractivity contribution in [1.82, 2.24) is 15.5 Å². The van der Waals surface area contributed by atoms with Crippen LogP contribution in [0.15, 0.2) is 0 Å². The lowest BCUT2D eigenvalue weighted by molar-refractivity contribution is -0.140. The molecule has 2 aliphatic rings. The first-order valence-electron chi connectivity index (χ1n) is 13.0. The number of ether oxygens (including phenoxy) is 1. The molecule has 2 atom stereocenters. The molecule has 0 aromatic carbocycles. The number of nitrogens with one attached hydrogen (secondary N) is 3. The topological polar surface area (TPSA) is 138 Å². The van der Waals surface area contributed by atoms with Gasteiger partial charge in [0.15, 0.2) is 0 Å². The van der Waals surface area contributed by atoms with Crippen LogP contribution in [0.25, 0.3) is 0 Å². The summed E-state index contributed by atoms with van der Waals surface area (Å²) in [6.07, 6.45) is 5.08. The van der Waals surface area contributed by atoms with Gasteiger partial charge in [0.05, 0.1) is 12.4 Å². The van der Waals surface area contributed by atoms with Gasteiger partial charge in [0.25, 0.3) is 0 Å². The van der Waals surface area contributed by atoms with Gasteiger partial charge in [-0.05, 0) is 70.0 Å². The highest BCUT2D eigenvalue weighted by atomic mass is 35.5. The molecule has 208 valence electrons. The number of carbonyl (C=O) groups is 3. The number of halogens is 1. The number of carbonyl (C=O) groups excluding carboxylic acids is 3. The highest BCUT2D eigenvalue weighted by molar-refractivity contribution is 8.01. The van der Waals surface area contributed by atoms with Gasteiger partial charge in [-0.25, -0.2) is 4.79 Å². The van der Waals surface area contributed by atoms with Gasteiger partial charge in [-0.2, -0.15) is 11.8 Å². The molecule has 0 aromatic heterocycles. The summed E-state index contributed by atoms with van der Waals surface area (Å²) in [7, 11) is 0. The number of nitrogens with zero attached hydrogens (tertiary/aromatic N) is 1. The number of hydrogen-bond acceptors (Lipinski definition) is 6. The second kappa shape index (κ2) is 14.9. The Morgan fingerprint density at radius 3 is 2.36 bits per heavy atom. The Hall–Kier alpha value is -1.68. The van der Waals surface area contributed by atoms with Gasteiger partial charge in [-0.15, -0.1) is 12.4 Å². The van der Waals surface area contributed by atoms with E-state index in [1.54, 1.807) is 16.7 Å². The lowest BCUT2D eigenvalue weighted by Crippen LogP contribution is -2.60. The normalized spacial score (nSPS) is 22.9. The Morgan fingerprint density at radius 2 is 1.81 bits per heavy atom. The van der Waals surface area contributed by atoms with Gasteiger partial charge in [0, 0.05) is 23.8 Å². The first-order valence-corrected chi connectivity index (χ1v) is 13.9. The maximum Gasteiger partial charge on any atom is 0.407 e. The standard InChI is InChI=1S/C25H45N5O4S.ClH/c1-6-14-34-24(33)29-20(25(4,5)35-16(2)3)23(32)30-13-7-8-19(30)22(31)28-15-17-9-11-18(12-10-17)21(26)27;/h16-20H,6-15H2,1-5H3,(H3,26,27)(H,28,31)(H,29,33);1H/t17-,18-,19-,20-;/m0./s1. The van der Waals surface area contributed by atoms with Crippen LogP contribution in [0.2, 0.25) is 0 Å². The summed E-state index contributed by atoms with van der Waals surface area (Å²) in [4.78, 5) is 40.9. The van der Waals surface area contributed by atoms with Gasteiger partial charge in [-0.3, -0.25) is 15.0 Å². The highest BCUT2D eigenvalue weighted by Gasteiger charge is 2.44. The molecule has 1 heterocycles. The van der Waals surface area contributed by atoms with Crippen LogP contribution in [-0.2, 0) is 14.3 Å². The van der Waals surface area contributed by atoms with Crippen LogP contribution in [0.3, 0.4) is 0 Å². The molecule has 1 aliphatic carbocycles. The lowest BCUT2D eigenvalue weighted by Gasteiger charge is -2.38. The number of amidine groups is 1. The van der Waals surface area contributed by atoms with Gasteiger partial charge in [0.2, 0.25) is 11.8 Å². The van der Waals surface area contributed by atoms with Crippen LogP contribution in [0.4, 0.5) is 4.79 Å². The average molecular weight is 548 g/mol. The third kappa shape index (κ3) is 9.32. The monoisotopic (exact) mass is 547 g/mol. The minimum absolute atomic E-state index is 0. The first-order chi connectivity index (χ1) is 16.5. The second-order valence-electron chi connectivity index (χ2n) is 10.6. The predicted molar refractivity (Wildman–Crippen MR) is 148 cm³/mol. The fraction of sp³-hybridized carbons (Fsp3) is 0.840. The maximum atomic E-state index is 13.7. The molecule has 11 heteroatoms. The minimum Gasteiger partial charge on any atom is -0.450 e. The molecular formula is C25H46ClN5O4S. The number of rotatable bonds is 11. The van der Waals surface area contributed by atoms with Gasteiger partial charge in [-0.1, -0.05) is 20.8 Å². The van der Waals surface area contributed by atoms with Crippen molar-refractivity contribution < 1.29 is 19.1 Å². The van der Waals surface area contributed by atoms with Crippen molar-refractivity contribution in [3.63, 3.8) is 0 Å². The van der Waals surface area contributed by atoms with Crippen LogP contribution < -0.4 is 16.4 Å². The maximum absolute atomic E-state index is 13.7. The quantitative estimate of drug-likeness (QED) is 0.230. The van der Waals surface area contributed by atoms with Gasteiger partial charge < -0.3 is 26.0 Å². The van der Waals surface area contributed by atoms with Crippen molar-refractivity contribution in [1.29, 1.82) is 5.41 Å². The Labute approximate surface area is 226 Å². The van der Waals surface area contributed by atoms with Crippen LogP contribution in [-0.4, -0.2) is 70.4 Å². The van der Waals surface area contributed by atoms with E-state index in [1.165, 1.54) is 0 Å². The van der Waals surface area contributed by atoms with Crippen molar-refractivity contribution in [2.45, 2.75) is 102 Å². The average Bonchev–Trinajstić information content (AvgIpc) is 3.28. The van der Waals surface area contributed by atoms with Crippen molar-refractivity contribution in [2.24, 2.45) is 17.6 Å². The van der Waals surface area contributed by atoms with E-state index in [4.69, 9.17) is 15.9 Å². The van der Waals surface area contributed by atoms with E-state index < -0.39 is 22.9 Å². The number of amides is 3. The van der Waals surface area contributed by atoms with E-state index in [9.17, 15) is 14.4 Å². The number of alkyl carbamates (subject to hydrolysis) is 1. The second-order valence-corrected chi connectivity index (χ2v) is 12.8. The van der Waals surface area contributed by atoms with Crippen LogP contribution in [0.5, 0.6) is 0 Å². The van der Waals surface area contributed by atoms with Crippen LogP contribution in [0.1, 0.15) is 79.6 Å². The van der Waals surface area contributed by atoms with Gasteiger partial charge >= 0.3 is 6.09 Å². The summed E-state index contributed by atoms with van der Waals surface area (Å²) < 4.78 is 4.62. The molecule has 0 bridgehead atoms. The van der Waals surface area contributed by atoms with Crippen molar-refractivity contribution in [3.8, 4) is 0 Å². The molecule has 1 aliphatic heterocycles. The van der Waals surface area contributed by atoms with E-state index >= 15 is 0 Å². The van der Waals surface area contributed by atoms with Crippen molar-refractivity contribution >= 4 is 47.9 Å². The molecule has 2 fully saturated rings. The molecule has 0 unspecified atom stereocenters. The molecule has 36 heavy (non-hydrogen) atoms.